The van der Waals surface area contributed by atoms with Gasteiger partial charge in [-0.05, 0) is 50.2 Å². The van der Waals surface area contributed by atoms with Crippen LogP contribution in [0.5, 0.6) is 0 Å². The largest absolute Gasteiger partial charge is 0.325 e. The molecular formula is C14H24N2O2S. The van der Waals surface area contributed by atoms with Crippen LogP contribution in [0.15, 0.2) is 0 Å². The van der Waals surface area contributed by atoms with Crippen LogP contribution in [0.4, 0.5) is 4.79 Å². The van der Waals surface area contributed by atoms with Gasteiger partial charge in [0.2, 0.25) is 0 Å². The van der Waals surface area contributed by atoms with Crippen molar-refractivity contribution in [3.05, 3.63) is 0 Å². The number of unbranched alkanes of at least 4 members (excludes halogenated alkanes) is 2. The first-order valence-electron chi connectivity index (χ1n) is 7.34. The van der Waals surface area contributed by atoms with Gasteiger partial charge >= 0.3 is 6.03 Å². The molecule has 1 heterocycles. The Kier molecular flexibility index (Phi) is 4.76. The molecule has 2 aliphatic rings. The molecule has 0 aromatic rings. The maximum Gasteiger partial charge on any atom is 0.325 e. The Morgan fingerprint density at radius 2 is 1.95 bits per heavy atom. The van der Waals surface area contributed by atoms with Gasteiger partial charge in [0.05, 0.1) is 0 Å². The first-order valence-corrected chi connectivity index (χ1v) is 7.97. The Morgan fingerprint density at radius 1 is 1.26 bits per heavy atom. The van der Waals surface area contributed by atoms with E-state index in [9.17, 15) is 9.59 Å². The maximum atomic E-state index is 12.5. The van der Waals surface area contributed by atoms with Gasteiger partial charge in [0.25, 0.3) is 5.91 Å². The smallest absolute Gasteiger partial charge is 0.323 e. The van der Waals surface area contributed by atoms with E-state index in [1.165, 1.54) is 4.90 Å². The highest BCUT2D eigenvalue weighted by Gasteiger charge is 2.51. The molecule has 0 atom stereocenters. The highest BCUT2D eigenvalue weighted by molar-refractivity contribution is 7.80. The Balaban J connectivity index is 1.92. The van der Waals surface area contributed by atoms with Gasteiger partial charge in [-0.15, -0.1) is 0 Å². The lowest BCUT2D eigenvalue weighted by Crippen LogP contribution is -2.49. The second-order valence-corrected chi connectivity index (χ2v) is 6.38. The number of carbonyl (C=O) groups is 2. The number of amides is 3. The quantitative estimate of drug-likeness (QED) is 0.463. The van der Waals surface area contributed by atoms with Gasteiger partial charge < -0.3 is 5.32 Å². The Morgan fingerprint density at radius 3 is 2.58 bits per heavy atom. The van der Waals surface area contributed by atoms with E-state index in [1.807, 2.05) is 0 Å². The molecule has 0 aromatic heterocycles. The summed E-state index contributed by atoms with van der Waals surface area (Å²) < 4.78 is 0. The van der Waals surface area contributed by atoms with Crippen molar-refractivity contribution in [1.82, 2.24) is 10.2 Å². The summed E-state index contributed by atoms with van der Waals surface area (Å²) in [6.45, 7) is 2.76. The summed E-state index contributed by atoms with van der Waals surface area (Å²) in [4.78, 5) is 25.9. The monoisotopic (exact) mass is 284 g/mol. The van der Waals surface area contributed by atoms with Gasteiger partial charge in [0, 0.05) is 6.54 Å². The first-order chi connectivity index (χ1) is 9.09. The highest BCUT2D eigenvalue weighted by atomic mass is 32.1. The fourth-order valence-corrected chi connectivity index (χ4v) is 3.26. The summed E-state index contributed by atoms with van der Waals surface area (Å²) in [5.74, 6) is 1.54. The van der Waals surface area contributed by atoms with Crippen molar-refractivity contribution in [3.8, 4) is 0 Å². The molecule has 1 N–H and O–H groups in total. The van der Waals surface area contributed by atoms with Gasteiger partial charge in [0.15, 0.2) is 0 Å². The number of hydrogen-bond donors (Lipinski definition) is 2. The zero-order valence-corrected chi connectivity index (χ0v) is 12.5. The molecule has 0 radical (unpaired) electrons. The minimum absolute atomic E-state index is 0.00951. The Labute approximate surface area is 120 Å². The van der Waals surface area contributed by atoms with Crippen LogP contribution in [-0.2, 0) is 4.79 Å². The molecule has 2 rings (SSSR count). The Hall–Kier alpha value is -0.710. The summed E-state index contributed by atoms with van der Waals surface area (Å²) in [6.07, 6.45) is 6.59. The predicted molar refractivity (Wildman–Crippen MR) is 78.3 cm³/mol. The molecule has 1 spiro atoms. The molecule has 5 heteroatoms. The summed E-state index contributed by atoms with van der Waals surface area (Å²) in [5, 5.41) is 2.95. The van der Waals surface area contributed by atoms with E-state index in [2.05, 4.69) is 24.9 Å². The number of hydrogen-bond acceptors (Lipinski definition) is 3. The van der Waals surface area contributed by atoms with Crippen molar-refractivity contribution in [2.24, 2.45) is 5.92 Å². The third-order valence-electron chi connectivity index (χ3n) is 4.41. The molecule has 1 saturated heterocycles. The van der Waals surface area contributed by atoms with E-state index in [0.717, 1.165) is 50.7 Å². The third kappa shape index (κ3) is 3.07. The molecular weight excluding hydrogens is 260 g/mol. The van der Waals surface area contributed by atoms with Gasteiger partial charge in [0.1, 0.15) is 5.54 Å². The maximum absolute atomic E-state index is 12.5. The van der Waals surface area contributed by atoms with E-state index in [0.29, 0.717) is 12.5 Å². The zero-order chi connectivity index (χ0) is 13.9. The fraction of sp³-hybridized carbons (Fsp3) is 0.857. The molecule has 1 aliphatic carbocycles. The molecule has 108 valence electrons. The van der Waals surface area contributed by atoms with Crippen LogP contribution < -0.4 is 5.32 Å². The standard InChI is InChI=1S/C14H24N2O2S/c1-11-5-7-14(8-6-11)12(17)16(13(18)15-14)9-3-2-4-10-19/h11,19H,2-10H2,1H3,(H,15,18). The first kappa shape index (κ1) is 14.7. The summed E-state index contributed by atoms with van der Waals surface area (Å²) in [7, 11) is 0. The van der Waals surface area contributed by atoms with Crippen molar-refractivity contribution in [2.45, 2.75) is 57.4 Å². The topological polar surface area (TPSA) is 49.4 Å². The second-order valence-electron chi connectivity index (χ2n) is 5.94. The van der Waals surface area contributed by atoms with Crippen LogP contribution in [0.3, 0.4) is 0 Å². The molecule has 2 fully saturated rings. The molecule has 0 unspecified atom stereocenters. The van der Waals surface area contributed by atoms with Crippen LogP contribution in [0.1, 0.15) is 51.9 Å². The molecule has 1 saturated carbocycles. The lowest BCUT2D eigenvalue weighted by molar-refractivity contribution is -0.132. The van der Waals surface area contributed by atoms with Crippen LogP contribution in [0.25, 0.3) is 0 Å². The number of nitrogens with one attached hydrogen (secondary N) is 1. The molecule has 3 amide bonds. The van der Waals surface area contributed by atoms with Crippen molar-refractivity contribution in [2.75, 3.05) is 12.3 Å². The lowest BCUT2D eigenvalue weighted by Gasteiger charge is -2.33. The second kappa shape index (κ2) is 6.16. The minimum atomic E-state index is -0.576. The van der Waals surface area contributed by atoms with E-state index in [4.69, 9.17) is 0 Å². The van der Waals surface area contributed by atoms with E-state index < -0.39 is 5.54 Å². The molecule has 0 aromatic carbocycles. The fourth-order valence-electron chi connectivity index (χ4n) is 3.03. The summed E-state index contributed by atoms with van der Waals surface area (Å²) in [5.41, 5.74) is -0.576. The zero-order valence-electron chi connectivity index (χ0n) is 11.7. The predicted octanol–water partition coefficient (Wildman–Crippen LogP) is 2.59. The molecule has 19 heavy (non-hydrogen) atoms. The van der Waals surface area contributed by atoms with Crippen molar-refractivity contribution in [3.63, 3.8) is 0 Å². The lowest BCUT2D eigenvalue weighted by atomic mass is 9.77. The highest BCUT2D eigenvalue weighted by Crippen LogP contribution is 2.36. The van der Waals surface area contributed by atoms with Gasteiger partial charge in [-0.2, -0.15) is 12.6 Å². The molecule has 0 bridgehead atoms. The number of rotatable bonds is 5. The number of thiol groups is 1. The minimum Gasteiger partial charge on any atom is -0.323 e. The van der Waals surface area contributed by atoms with Gasteiger partial charge in [-0.1, -0.05) is 13.3 Å². The van der Waals surface area contributed by atoms with Crippen molar-refractivity contribution in [1.29, 1.82) is 0 Å². The molecule has 1 aliphatic heterocycles. The third-order valence-corrected chi connectivity index (χ3v) is 4.73. The van der Waals surface area contributed by atoms with E-state index in [-0.39, 0.29) is 11.9 Å². The van der Waals surface area contributed by atoms with Gasteiger partial charge in [-0.25, -0.2) is 4.79 Å². The SMILES string of the molecule is CC1CCC2(CC1)NC(=O)N(CCCCCS)C2=O. The normalized spacial score (nSPS) is 31.1. The molecule has 4 nitrogen and oxygen atoms in total. The van der Waals surface area contributed by atoms with Crippen molar-refractivity contribution < 1.29 is 9.59 Å². The van der Waals surface area contributed by atoms with Crippen LogP contribution in [-0.4, -0.2) is 34.7 Å². The summed E-state index contributed by atoms with van der Waals surface area (Å²) >= 11 is 4.17. The van der Waals surface area contributed by atoms with Crippen LogP contribution >= 0.6 is 12.6 Å². The summed E-state index contributed by atoms with van der Waals surface area (Å²) in [6, 6.07) is -0.189. The number of carbonyl (C=O) groups excluding carboxylic acids is 2. The number of urea groups is 1. The Bertz CT molecular complexity index is 351. The van der Waals surface area contributed by atoms with Crippen molar-refractivity contribution >= 4 is 24.6 Å². The average Bonchev–Trinajstić information content (AvgIpc) is 2.62. The van der Waals surface area contributed by atoms with Crippen LogP contribution in [0.2, 0.25) is 0 Å². The van der Waals surface area contributed by atoms with Gasteiger partial charge in [-0.3, -0.25) is 9.69 Å². The number of imide groups is 1. The average molecular weight is 284 g/mol. The number of nitrogens with zero attached hydrogens (tertiary/aromatic N) is 1. The van der Waals surface area contributed by atoms with Crippen LogP contribution in [0, 0.1) is 5.92 Å². The van der Waals surface area contributed by atoms with E-state index in [1.54, 1.807) is 0 Å². The van der Waals surface area contributed by atoms with E-state index >= 15 is 0 Å².